The predicted octanol–water partition coefficient (Wildman–Crippen LogP) is 5.18. The molecule has 0 aliphatic rings. The summed E-state index contributed by atoms with van der Waals surface area (Å²) in [5.41, 5.74) is 2.17. The van der Waals surface area contributed by atoms with Gasteiger partial charge in [-0.1, -0.05) is 52.7 Å². The van der Waals surface area contributed by atoms with Crippen molar-refractivity contribution in [3.05, 3.63) is 64.1 Å². The van der Waals surface area contributed by atoms with Crippen molar-refractivity contribution in [2.75, 3.05) is 5.75 Å². The van der Waals surface area contributed by atoms with Crippen molar-refractivity contribution in [2.45, 2.75) is 57.6 Å². The summed E-state index contributed by atoms with van der Waals surface area (Å²) in [4.78, 5) is 28.5. The molecule has 4 nitrogen and oxygen atoms in total. The van der Waals surface area contributed by atoms with E-state index >= 15 is 0 Å². The van der Waals surface area contributed by atoms with E-state index < -0.39 is 6.04 Å². The van der Waals surface area contributed by atoms with Gasteiger partial charge in [0, 0.05) is 22.0 Å². The highest BCUT2D eigenvalue weighted by molar-refractivity contribution is 9.10. The van der Waals surface area contributed by atoms with Crippen molar-refractivity contribution in [3.63, 3.8) is 0 Å². The molecule has 0 unspecified atom stereocenters. The topological polar surface area (TPSA) is 49.4 Å². The first-order chi connectivity index (χ1) is 13.8. The Balaban J connectivity index is 2.14. The van der Waals surface area contributed by atoms with Crippen LogP contribution >= 0.6 is 27.7 Å². The molecule has 1 N–H and O–H groups in total. The lowest BCUT2D eigenvalue weighted by Gasteiger charge is -2.29. The zero-order chi connectivity index (χ0) is 21.4. The van der Waals surface area contributed by atoms with Gasteiger partial charge in [0.2, 0.25) is 11.8 Å². The largest absolute Gasteiger partial charge is 0.352 e. The molecular weight excluding hydrogens is 448 g/mol. The van der Waals surface area contributed by atoms with Gasteiger partial charge in [-0.05, 0) is 57.0 Å². The van der Waals surface area contributed by atoms with Gasteiger partial charge in [-0.25, -0.2) is 0 Å². The van der Waals surface area contributed by atoms with Gasteiger partial charge in [-0.2, -0.15) is 0 Å². The Bertz CT molecular complexity index is 826. The highest BCUT2D eigenvalue weighted by atomic mass is 79.9. The Morgan fingerprint density at radius 3 is 2.45 bits per heavy atom. The average molecular weight is 477 g/mol. The number of nitrogens with zero attached hydrogens (tertiary/aromatic N) is 1. The molecule has 0 aromatic heterocycles. The van der Waals surface area contributed by atoms with Gasteiger partial charge < -0.3 is 10.2 Å². The van der Waals surface area contributed by atoms with Crippen LogP contribution in [0.3, 0.4) is 0 Å². The number of hydrogen-bond acceptors (Lipinski definition) is 3. The van der Waals surface area contributed by atoms with Crippen LogP contribution in [0.15, 0.2) is 57.9 Å². The SMILES string of the molecule is CC[C@@H](C)NC(=O)[C@H](C)N(Cc1cccc(Br)c1)C(=O)CSc1ccc(C)cc1. The number of amides is 2. The Kier molecular flexibility index (Phi) is 9.24. The fraction of sp³-hybridized carbons (Fsp3) is 0.391. The molecule has 2 aromatic carbocycles. The summed E-state index contributed by atoms with van der Waals surface area (Å²) < 4.78 is 0.952. The summed E-state index contributed by atoms with van der Waals surface area (Å²) >= 11 is 4.97. The number of nitrogens with one attached hydrogen (secondary N) is 1. The maximum absolute atomic E-state index is 13.1. The lowest BCUT2D eigenvalue weighted by atomic mass is 10.1. The molecule has 2 atom stereocenters. The van der Waals surface area contributed by atoms with Crippen molar-refractivity contribution in [1.29, 1.82) is 0 Å². The van der Waals surface area contributed by atoms with Gasteiger partial charge in [0.1, 0.15) is 6.04 Å². The van der Waals surface area contributed by atoms with Crippen LogP contribution in [0.1, 0.15) is 38.3 Å². The molecule has 0 aliphatic carbocycles. The summed E-state index contributed by atoms with van der Waals surface area (Å²) in [6, 6.07) is 15.5. The van der Waals surface area contributed by atoms with Crippen LogP contribution in [0.4, 0.5) is 0 Å². The first kappa shape index (κ1) is 23.5. The van der Waals surface area contributed by atoms with E-state index in [4.69, 9.17) is 0 Å². The maximum atomic E-state index is 13.1. The molecule has 0 fully saturated rings. The van der Waals surface area contributed by atoms with Gasteiger partial charge >= 0.3 is 0 Å². The first-order valence-electron chi connectivity index (χ1n) is 9.84. The van der Waals surface area contributed by atoms with Crippen LogP contribution in [0.25, 0.3) is 0 Å². The Morgan fingerprint density at radius 1 is 1.14 bits per heavy atom. The summed E-state index contributed by atoms with van der Waals surface area (Å²) in [7, 11) is 0. The van der Waals surface area contributed by atoms with E-state index in [9.17, 15) is 9.59 Å². The summed E-state index contributed by atoms with van der Waals surface area (Å²) in [5, 5.41) is 2.99. The van der Waals surface area contributed by atoms with E-state index in [-0.39, 0.29) is 23.6 Å². The van der Waals surface area contributed by atoms with Gasteiger partial charge in [0.05, 0.1) is 5.75 Å². The number of thioether (sulfide) groups is 1. The second kappa shape index (κ2) is 11.4. The number of carbonyl (C=O) groups excluding carboxylic acids is 2. The molecule has 2 amide bonds. The second-order valence-corrected chi connectivity index (χ2v) is 9.21. The predicted molar refractivity (Wildman–Crippen MR) is 124 cm³/mol. The number of hydrogen-bond donors (Lipinski definition) is 1. The van der Waals surface area contributed by atoms with Gasteiger partial charge in [0.25, 0.3) is 0 Å². The Hall–Kier alpha value is -1.79. The van der Waals surface area contributed by atoms with Gasteiger partial charge in [0.15, 0.2) is 0 Å². The molecule has 2 aromatic rings. The van der Waals surface area contributed by atoms with Crippen LogP contribution in [0, 0.1) is 6.92 Å². The first-order valence-corrected chi connectivity index (χ1v) is 11.6. The fourth-order valence-corrected chi connectivity index (χ4v) is 3.97. The normalized spacial score (nSPS) is 12.9. The minimum atomic E-state index is -0.547. The van der Waals surface area contributed by atoms with Crippen LogP contribution in [-0.2, 0) is 16.1 Å². The van der Waals surface area contributed by atoms with E-state index in [1.54, 1.807) is 11.8 Å². The third kappa shape index (κ3) is 7.52. The Labute approximate surface area is 186 Å². The highest BCUT2D eigenvalue weighted by Gasteiger charge is 2.26. The number of rotatable bonds is 9. The third-order valence-electron chi connectivity index (χ3n) is 4.79. The molecule has 0 aliphatic heterocycles. The molecule has 0 saturated carbocycles. The fourth-order valence-electron chi connectivity index (χ4n) is 2.74. The van der Waals surface area contributed by atoms with Crippen molar-refractivity contribution in [2.24, 2.45) is 0 Å². The minimum Gasteiger partial charge on any atom is -0.352 e. The van der Waals surface area contributed by atoms with Gasteiger partial charge in [-0.15, -0.1) is 11.8 Å². The van der Waals surface area contributed by atoms with E-state index in [2.05, 4.69) is 21.2 Å². The van der Waals surface area contributed by atoms with Crippen molar-refractivity contribution < 1.29 is 9.59 Å². The van der Waals surface area contributed by atoms with E-state index in [1.807, 2.05) is 69.3 Å². The molecule has 0 radical (unpaired) electrons. The van der Waals surface area contributed by atoms with E-state index in [0.29, 0.717) is 6.54 Å². The van der Waals surface area contributed by atoms with Crippen molar-refractivity contribution in [3.8, 4) is 0 Å². The molecule has 29 heavy (non-hydrogen) atoms. The number of aryl methyl sites for hydroxylation is 1. The number of halogens is 1. The number of benzene rings is 2. The summed E-state index contributed by atoms with van der Waals surface area (Å²) in [6.07, 6.45) is 0.849. The van der Waals surface area contributed by atoms with E-state index in [1.165, 1.54) is 17.3 Å². The lowest BCUT2D eigenvalue weighted by Crippen LogP contribution is -2.50. The molecule has 0 bridgehead atoms. The van der Waals surface area contributed by atoms with Crippen LogP contribution < -0.4 is 5.32 Å². The molecule has 6 heteroatoms. The summed E-state index contributed by atoms with van der Waals surface area (Å²) in [6.45, 7) is 8.22. The monoisotopic (exact) mass is 476 g/mol. The molecule has 2 rings (SSSR count). The standard InChI is InChI=1S/C23H29BrN2O2S/c1-5-17(3)25-23(28)18(4)26(14-19-7-6-8-20(24)13-19)22(27)15-29-21-11-9-16(2)10-12-21/h6-13,17-18H,5,14-15H2,1-4H3,(H,25,28)/t17-,18+/m1/s1. The zero-order valence-electron chi connectivity index (χ0n) is 17.4. The van der Waals surface area contributed by atoms with Crippen LogP contribution in [0.2, 0.25) is 0 Å². The lowest BCUT2D eigenvalue weighted by molar-refractivity contribution is -0.138. The molecule has 0 saturated heterocycles. The average Bonchev–Trinajstić information content (AvgIpc) is 2.70. The van der Waals surface area contributed by atoms with E-state index in [0.717, 1.165) is 21.4 Å². The van der Waals surface area contributed by atoms with Gasteiger partial charge in [-0.3, -0.25) is 9.59 Å². The minimum absolute atomic E-state index is 0.0534. The maximum Gasteiger partial charge on any atom is 0.242 e. The molecule has 156 valence electrons. The third-order valence-corrected chi connectivity index (χ3v) is 6.28. The van der Waals surface area contributed by atoms with Crippen molar-refractivity contribution in [1.82, 2.24) is 10.2 Å². The zero-order valence-corrected chi connectivity index (χ0v) is 19.8. The summed E-state index contributed by atoms with van der Waals surface area (Å²) in [5.74, 6) is 0.114. The second-order valence-electron chi connectivity index (χ2n) is 7.25. The highest BCUT2D eigenvalue weighted by Crippen LogP contribution is 2.21. The smallest absolute Gasteiger partial charge is 0.242 e. The van der Waals surface area contributed by atoms with Crippen LogP contribution in [-0.4, -0.2) is 34.6 Å². The molecule has 0 spiro atoms. The molecular formula is C23H29BrN2O2S. The number of carbonyl (C=O) groups is 2. The van der Waals surface area contributed by atoms with Crippen molar-refractivity contribution >= 4 is 39.5 Å². The molecule has 0 heterocycles. The quantitative estimate of drug-likeness (QED) is 0.507. The Morgan fingerprint density at radius 2 is 1.83 bits per heavy atom. The van der Waals surface area contributed by atoms with Crippen LogP contribution in [0.5, 0.6) is 0 Å².